The largest absolute Gasteiger partial charge is 0.333 e. The number of carbonyl (C=O) groups is 2. The van der Waals surface area contributed by atoms with Gasteiger partial charge >= 0.3 is 6.03 Å². The number of rotatable bonds is 6. The van der Waals surface area contributed by atoms with E-state index in [1.54, 1.807) is 16.0 Å². The van der Waals surface area contributed by atoms with Crippen molar-refractivity contribution in [2.75, 3.05) is 10.6 Å². The lowest BCUT2D eigenvalue weighted by molar-refractivity contribution is -0.132. The van der Waals surface area contributed by atoms with Gasteiger partial charge in [0.05, 0.1) is 11.4 Å². The predicted molar refractivity (Wildman–Crippen MR) is 187 cm³/mol. The van der Waals surface area contributed by atoms with Crippen molar-refractivity contribution in [1.82, 2.24) is 14.7 Å². The molecule has 1 aliphatic carbocycles. The summed E-state index contributed by atoms with van der Waals surface area (Å²) in [6, 6.07) is 20.8. The Labute approximate surface area is 275 Å². The number of amides is 3. The molecule has 7 rings (SSSR count). The molecular formula is C38H43N5O2S. The Kier molecular flexibility index (Phi) is 8.09. The van der Waals surface area contributed by atoms with Gasteiger partial charge in [-0.3, -0.25) is 10.1 Å². The molecular weight excluding hydrogens is 591 g/mol. The van der Waals surface area contributed by atoms with Gasteiger partial charge in [-0.2, -0.15) is 5.10 Å². The van der Waals surface area contributed by atoms with Crippen LogP contribution in [0.5, 0.6) is 0 Å². The van der Waals surface area contributed by atoms with E-state index in [1.807, 2.05) is 42.5 Å². The van der Waals surface area contributed by atoms with Gasteiger partial charge in [0.15, 0.2) is 0 Å². The number of nitrogens with zero attached hydrogens (tertiary/aromatic N) is 3. The van der Waals surface area contributed by atoms with Gasteiger partial charge in [-0.15, -0.1) is 11.3 Å². The molecule has 3 aliphatic rings. The third-order valence-electron chi connectivity index (χ3n) is 9.82. The molecule has 46 heavy (non-hydrogen) atoms. The Balaban J connectivity index is 0.964. The first-order valence-corrected chi connectivity index (χ1v) is 17.4. The zero-order valence-electron chi connectivity index (χ0n) is 27.2. The number of urea groups is 1. The minimum atomic E-state index is -0.307. The minimum Gasteiger partial charge on any atom is -0.333 e. The summed E-state index contributed by atoms with van der Waals surface area (Å²) < 4.78 is 1.79. The number of hydrogen-bond acceptors (Lipinski definition) is 4. The number of benzene rings is 2. The number of carbonyl (C=O) groups excluding carboxylic acids is 2. The molecule has 2 saturated heterocycles. The first-order chi connectivity index (χ1) is 22.1. The zero-order valence-corrected chi connectivity index (χ0v) is 28.0. The molecule has 2 aliphatic heterocycles. The lowest BCUT2D eigenvalue weighted by atomic mass is 9.85. The van der Waals surface area contributed by atoms with Crippen molar-refractivity contribution in [1.29, 1.82) is 0 Å². The second-order valence-electron chi connectivity index (χ2n) is 14.3. The molecule has 2 bridgehead atoms. The average Bonchev–Trinajstić information content (AvgIpc) is 3.74. The van der Waals surface area contributed by atoms with Crippen LogP contribution in [0.1, 0.15) is 80.1 Å². The van der Waals surface area contributed by atoms with Gasteiger partial charge in [-0.05, 0) is 111 Å². The maximum Gasteiger partial charge on any atom is 0.324 e. The smallest absolute Gasteiger partial charge is 0.324 e. The molecule has 3 amide bonds. The van der Waals surface area contributed by atoms with Gasteiger partial charge in [-0.1, -0.05) is 50.6 Å². The SMILES string of the molecule is Cc1ccc(-n2nc(C(C)(C)C)cc2NC(=O)Nc2ccc(CC3CC4CCC(C3)N4C(=O)C3=Cc4sccc4CC3)cc2)cc1. The van der Waals surface area contributed by atoms with Crippen LogP contribution in [0.15, 0.2) is 71.6 Å². The molecule has 7 nitrogen and oxygen atoms in total. The number of nitrogens with one attached hydrogen (secondary N) is 2. The number of aryl methyl sites for hydroxylation is 2. The summed E-state index contributed by atoms with van der Waals surface area (Å²) in [6.45, 7) is 8.39. The monoisotopic (exact) mass is 633 g/mol. The molecule has 2 N–H and O–H groups in total. The highest BCUT2D eigenvalue weighted by molar-refractivity contribution is 7.11. The number of fused-ring (bicyclic) bond motifs is 3. The Morgan fingerprint density at radius 1 is 0.935 bits per heavy atom. The summed E-state index contributed by atoms with van der Waals surface area (Å²) in [6.07, 6.45) is 9.33. The quantitative estimate of drug-likeness (QED) is 0.223. The van der Waals surface area contributed by atoms with Crippen molar-refractivity contribution < 1.29 is 9.59 Å². The summed E-state index contributed by atoms with van der Waals surface area (Å²) in [7, 11) is 0. The summed E-state index contributed by atoms with van der Waals surface area (Å²) >= 11 is 1.74. The van der Waals surface area contributed by atoms with Crippen LogP contribution in [0.4, 0.5) is 16.3 Å². The second kappa shape index (κ2) is 12.2. The Hall–Kier alpha value is -4.17. The molecule has 2 unspecified atom stereocenters. The van der Waals surface area contributed by atoms with Gasteiger partial charge in [0, 0.05) is 39.7 Å². The van der Waals surface area contributed by atoms with Crippen molar-refractivity contribution in [2.45, 2.75) is 90.1 Å². The van der Waals surface area contributed by atoms with Gasteiger partial charge in [0.2, 0.25) is 5.91 Å². The van der Waals surface area contributed by atoms with Crippen molar-refractivity contribution in [3.8, 4) is 5.69 Å². The molecule has 2 aromatic carbocycles. The summed E-state index contributed by atoms with van der Waals surface area (Å²) in [5.74, 6) is 1.46. The molecule has 8 heteroatoms. The van der Waals surface area contributed by atoms with E-state index in [-0.39, 0.29) is 17.4 Å². The number of anilines is 2. The molecule has 2 aromatic heterocycles. The van der Waals surface area contributed by atoms with E-state index < -0.39 is 0 Å². The van der Waals surface area contributed by atoms with E-state index in [0.29, 0.717) is 23.8 Å². The van der Waals surface area contributed by atoms with Crippen LogP contribution in [0, 0.1) is 12.8 Å². The summed E-state index contributed by atoms with van der Waals surface area (Å²) in [5.41, 5.74) is 7.19. The van der Waals surface area contributed by atoms with Gasteiger partial charge < -0.3 is 10.2 Å². The fourth-order valence-electron chi connectivity index (χ4n) is 7.36. The van der Waals surface area contributed by atoms with Gasteiger partial charge in [0.1, 0.15) is 5.82 Å². The Morgan fingerprint density at radius 2 is 1.65 bits per heavy atom. The van der Waals surface area contributed by atoms with E-state index in [9.17, 15) is 9.59 Å². The summed E-state index contributed by atoms with van der Waals surface area (Å²) in [4.78, 5) is 30.2. The lowest BCUT2D eigenvalue weighted by Gasteiger charge is -2.40. The van der Waals surface area contributed by atoms with Crippen LogP contribution in [0.25, 0.3) is 11.8 Å². The number of hydrogen-bond donors (Lipinski definition) is 2. The second-order valence-corrected chi connectivity index (χ2v) is 15.3. The minimum absolute atomic E-state index is 0.161. The lowest BCUT2D eigenvalue weighted by Crippen LogP contribution is -2.47. The van der Waals surface area contributed by atoms with Crippen LogP contribution in [0.3, 0.4) is 0 Å². The fourth-order valence-corrected chi connectivity index (χ4v) is 8.27. The Bertz CT molecular complexity index is 1760. The number of piperidine rings is 1. The third kappa shape index (κ3) is 6.27. The number of thiophene rings is 1. The molecule has 4 heterocycles. The van der Waals surface area contributed by atoms with Crippen LogP contribution >= 0.6 is 11.3 Å². The van der Waals surface area contributed by atoms with E-state index in [0.717, 1.165) is 67.6 Å². The van der Waals surface area contributed by atoms with Crippen LogP contribution in [-0.2, 0) is 23.1 Å². The molecule has 4 aromatic rings. The van der Waals surface area contributed by atoms with Crippen molar-refractivity contribution >= 4 is 40.9 Å². The fraction of sp³-hybridized carbons (Fsp3) is 0.395. The Morgan fingerprint density at radius 3 is 2.35 bits per heavy atom. The predicted octanol–water partition coefficient (Wildman–Crippen LogP) is 8.53. The van der Waals surface area contributed by atoms with Crippen molar-refractivity contribution in [3.05, 3.63) is 98.9 Å². The normalized spacial score (nSPS) is 20.7. The topological polar surface area (TPSA) is 79.3 Å². The molecule has 2 fully saturated rings. The first-order valence-electron chi connectivity index (χ1n) is 16.5. The molecule has 238 valence electrons. The zero-order chi connectivity index (χ0) is 32.0. The number of aromatic nitrogens is 2. The highest BCUT2D eigenvalue weighted by Gasteiger charge is 2.43. The van der Waals surface area contributed by atoms with E-state index >= 15 is 0 Å². The highest BCUT2D eigenvalue weighted by Crippen LogP contribution is 2.42. The first kappa shape index (κ1) is 30.5. The van der Waals surface area contributed by atoms with Crippen LogP contribution < -0.4 is 10.6 Å². The van der Waals surface area contributed by atoms with Crippen molar-refractivity contribution in [2.24, 2.45) is 5.92 Å². The molecule has 0 saturated carbocycles. The van der Waals surface area contributed by atoms with E-state index in [1.165, 1.54) is 21.6 Å². The maximum atomic E-state index is 13.6. The summed E-state index contributed by atoms with van der Waals surface area (Å²) in [5, 5.41) is 13.0. The molecule has 2 atom stereocenters. The van der Waals surface area contributed by atoms with Crippen LogP contribution in [0.2, 0.25) is 0 Å². The van der Waals surface area contributed by atoms with Crippen LogP contribution in [-0.4, -0.2) is 38.7 Å². The van der Waals surface area contributed by atoms with Gasteiger partial charge in [-0.25, -0.2) is 9.48 Å². The highest BCUT2D eigenvalue weighted by atomic mass is 32.1. The van der Waals surface area contributed by atoms with E-state index in [4.69, 9.17) is 5.10 Å². The van der Waals surface area contributed by atoms with E-state index in [2.05, 4.69) is 72.9 Å². The average molecular weight is 634 g/mol. The standard InChI is InChI=1S/C38H43N5O2S/c1-24-5-13-30(14-6-24)43-35(23-34(41-43)38(2,3)4)40-37(45)39-29-11-7-25(8-12-29)19-26-20-31-15-16-32(21-26)42(31)36(44)28-10-9-27-17-18-46-33(27)22-28/h5-8,11-14,17-18,22-23,26,31-32H,9-10,15-16,19-21H2,1-4H3,(H2,39,40,45). The third-order valence-corrected chi connectivity index (χ3v) is 10.7. The molecule has 0 radical (unpaired) electrons. The maximum absolute atomic E-state index is 13.6. The van der Waals surface area contributed by atoms with Crippen molar-refractivity contribution in [3.63, 3.8) is 0 Å². The van der Waals surface area contributed by atoms with Gasteiger partial charge in [0.25, 0.3) is 0 Å². The molecule has 0 spiro atoms.